The lowest BCUT2D eigenvalue weighted by Crippen LogP contribution is -2.40. The highest BCUT2D eigenvalue weighted by molar-refractivity contribution is 5.96. The summed E-state index contributed by atoms with van der Waals surface area (Å²) in [6.45, 7) is 5.99. The van der Waals surface area contributed by atoms with Crippen LogP contribution in [0.5, 0.6) is 0 Å². The first-order valence-electron chi connectivity index (χ1n) is 7.57. The van der Waals surface area contributed by atoms with Crippen molar-refractivity contribution in [1.29, 1.82) is 0 Å². The highest BCUT2D eigenvalue weighted by Gasteiger charge is 2.17. The summed E-state index contributed by atoms with van der Waals surface area (Å²) in [5, 5.41) is 8.83. The third-order valence-corrected chi connectivity index (χ3v) is 3.27. The molecule has 3 N–H and O–H groups in total. The molecule has 1 heterocycles. The van der Waals surface area contributed by atoms with Crippen molar-refractivity contribution in [3.63, 3.8) is 0 Å². The number of carbonyl (C=O) groups is 2. The Hall–Kier alpha value is -1.92. The Kier molecular flexibility index (Phi) is 5.91. The Balaban J connectivity index is 1.85. The van der Waals surface area contributed by atoms with Crippen molar-refractivity contribution in [2.75, 3.05) is 25.0 Å². The summed E-state index contributed by atoms with van der Waals surface area (Å²) in [5.74, 6) is -0.206. The van der Waals surface area contributed by atoms with E-state index >= 15 is 0 Å². The number of benzene rings is 1. The molecule has 0 bridgehead atoms. The highest BCUT2D eigenvalue weighted by atomic mass is 16.5. The van der Waals surface area contributed by atoms with Gasteiger partial charge in [-0.1, -0.05) is 0 Å². The second-order valence-corrected chi connectivity index (χ2v) is 5.65. The van der Waals surface area contributed by atoms with Gasteiger partial charge in [0.1, 0.15) is 0 Å². The summed E-state index contributed by atoms with van der Waals surface area (Å²) >= 11 is 0. The van der Waals surface area contributed by atoms with Crippen molar-refractivity contribution < 1.29 is 14.3 Å². The molecule has 6 nitrogen and oxygen atoms in total. The lowest BCUT2D eigenvalue weighted by atomic mass is 10.1. The fourth-order valence-electron chi connectivity index (χ4n) is 2.22. The van der Waals surface area contributed by atoms with E-state index in [1.165, 1.54) is 0 Å². The standard InChI is InChI=1S/C16H23N3O3/c1-11(2)18-16(21)12-3-5-13(6-4-12)19-15(20)9-14-10-17-7-8-22-14/h3-6,11,14,17H,7-10H2,1-2H3,(H,18,21)(H,19,20). The fourth-order valence-corrected chi connectivity index (χ4v) is 2.22. The number of nitrogens with one attached hydrogen (secondary N) is 3. The highest BCUT2D eigenvalue weighted by Crippen LogP contribution is 2.11. The Morgan fingerprint density at radius 2 is 2.05 bits per heavy atom. The number of hydrogen-bond donors (Lipinski definition) is 3. The molecule has 0 aliphatic carbocycles. The van der Waals surface area contributed by atoms with Crippen LogP contribution in [0, 0.1) is 0 Å². The molecular formula is C16H23N3O3. The van der Waals surface area contributed by atoms with Crippen molar-refractivity contribution in [2.24, 2.45) is 0 Å². The van der Waals surface area contributed by atoms with Gasteiger partial charge >= 0.3 is 0 Å². The molecule has 0 saturated carbocycles. The Morgan fingerprint density at radius 3 is 2.64 bits per heavy atom. The molecule has 1 fully saturated rings. The van der Waals surface area contributed by atoms with Gasteiger partial charge in [0, 0.05) is 30.4 Å². The monoisotopic (exact) mass is 305 g/mol. The summed E-state index contributed by atoms with van der Waals surface area (Å²) in [6, 6.07) is 6.95. The van der Waals surface area contributed by atoms with E-state index in [2.05, 4.69) is 16.0 Å². The van der Waals surface area contributed by atoms with Gasteiger partial charge in [-0.05, 0) is 38.1 Å². The van der Waals surface area contributed by atoms with Crippen LogP contribution in [0.4, 0.5) is 5.69 Å². The van der Waals surface area contributed by atoms with Crippen LogP contribution in [0.15, 0.2) is 24.3 Å². The van der Waals surface area contributed by atoms with Crippen LogP contribution in [0.1, 0.15) is 30.6 Å². The first-order valence-corrected chi connectivity index (χ1v) is 7.57. The van der Waals surface area contributed by atoms with Gasteiger partial charge in [0.25, 0.3) is 5.91 Å². The van der Waals surface area contributed by atoms with Gasteiger partial charge in [0.15, 0.2) is 0 Å². The van der Waals surface area contributed by atoms with Gasteiger partial charge in [-0.3, -0.25) is 9.59 Å². The lowest BCUT2D eigenvalue weighted by Gasteiger charge is -2.23. The van der Waals surface area contributed by atoms with Gasteiger partial charge in [0.2, 0.25) is 5.91 Å². The number of amides is 2. The molecule has 6 heteroatoms. The molecule has 1 atom stereocenters. The van der Waals surface area contributed by atoms with Gasteiger partial charge in [-0.2, -0.15) is 0 Å². The van der Waals surface area contributed by atoms with Crippen molar-refractivity contribution in [1.82, 2.24) is 10.6 Å². The van der Waals surface area contributed by atoms with Gasteiger partial charge < -0.3 is 20.7 Å². The third kappa shape index (κ3) is 5.13. The largest absolute Gasteiger partial charge is 0.375 e. The molecule has 120 valence electrons. The molecule has 22 heavy (non-hydrogen) atoms. The molecule has 0 spiro atoms. The number of anilines is 1. The summed E-state index contributed by atoms with van der Waals surface area (Å²) < 4.78 is 5.50. The quantitative estimate of drug-likeness (QED) is 0.762. The van der Waals surface area contributed by atoms with E-state index in [1.807, 2.05) is 13.8 Å². The van der Waals surface area contributed by atoms with E-state index in [0.29, 0.717) is 30.8 Å². The molecule has 0 aromatic heterocycles. The van der Waals surface area contributed by atoms with Gasteiger partial charge in [0.05, 0.1) is 19.1 Å². The first-order chi connectivity index (χ1) is 10.5. The van der Waals surface area contributed by atoms with Crippen LogP contribution >= 0.6 is 0 Å². The molecule has 0 radical (unpaired) electrons. The number of morpholine rings is 1. The minimum Gasteiger partial charge on any atom is -0.375 e. The Bertz CT molecular complexity index is 508. The molecule has 1 unspecified atom stereocenters. The maximum atomic E-state index is 11.9. The number of hydrogen-bond acceptors (Lipinski definition) is 4. The second kappa shape index (κ2) is 7.91. The van der Waals surface area contributed by atoms with Crippen LogP contribution in [-0.2, 0) is 9.53 Å². The second-order valence-electron chi connectivity index (χ2n) is 5.65. The summed E-state index contributed by atoms with van der Waals surface area (Å²) in [4.78, 5) is 23.8. The molecule has 2 amide bonds. The minimum atomic E-state index is -0.116. The summed E-state index contributed by atoms with van der Waals surface area (Å²) in [7, 11) is 0. The third-order valence-electron chi connectivity index (χ3n) is 3.27. The van der Waals surface area contributed by atoms with Crippen molar-refractivity contribution >= 4 is 17.5 Å². The molecule has 1 saturated heterocycles. The topological polar surface area (TPSA) is 79.5 Å². The van der Waals surface area contributed by atoms with Crippen LogP contribution in [0.3, 0.4) is 0 Å². The predicted octanol–water partition coefficient (Wildman–Crippen LogP) is 1.14. The number of ether oxygens (including phenoxy) is 1. The first kappa shape index (κ1) is 16.5. The number of carbonyl (C=O) groups excluding carboxylic acids is 2. The van der Waals surface area contributed by atoms with E-state index in [0.717, 1.165) is 6.54 Å². The minimum absolute atomic E-state index is 0.0788. The SMILES string of the molecule is CC(C)NC(=O)c1ccc(NC(=O)CC2CNCCO2)cc1. The molecule has 1 aliphatic heterocycles. The smallest absolute Gasteiger partial charge is 0.251 e. The van der Waals surface area contributed by atoms with Crippen LogP contribution < -0.4 is 16.0 Å². The van der Waals surface area contributed by atoms with E-state index in [9.17, 15) is 9.59 Å². The van der Waals surface area contributed by atoms with E-state index in [1.54, 1.807) is 24.3 Å². The summed E-state index contributed by atoms with van der Waals surface area (Å²) in [6.07, 6.45) is 0.243. The van der Waals surface area contributed by atoms with Crippen LogP contribution in [0.25, 0.3) is 0 Å². The number of rotatable bonds is 5. The zero-order valence-electron chi connectivity index (χ0n) is 13.0. The maximum absolute atomic E-state index is 11.9. The van der Waals surface area contributed by atoms with Crippen LogP contribution in [-0.4, -0.2) is 43.7 Å². The van der Waals surface area contributed by atoms with Crippen LogP contribution in [0.2, 0.25) is 0 Å². The van der Waals surface area contributed by atoms with Gasteiger partial charge in [-0.25, -0.2) is 0 Å². The molecular weight excluding hydrogens is 282 g/mol. The van der Waals surface area contributed by atoms with E-state index in [4.69, 9.17) is 4.74 Å². The Labute approximate surface area is 130 Å². The van der Waals surface area contributed by atoms with Gasteiger partial charge in [-0.15, -0.1) is 0 Å². The maximum Gasteiger partial charge on any atom is 0.251 e. The zero-order chi connectivity index (χ0) is 15.9. The zero-order valence-corrected chi connectivity index (χ0v) is 13.0. The molecule has 2 rings (SSSR count). The molecule has 1 aromatic carbocycles. The lowest BCUT2D eigenvalue weighted by molar-refractivity contribution is -0.119. The average Bonchev–Trinajstić information content (AvgIpc) is 2.48. The van der Waals surface area contributed by atoms with E-state index < -0.39 is 0 Å². The molecule has 1 aromatic rings. The summed E-state index contributed by atoms with van der Waals surface area (Å²) in [5.41, 5.74) is 1.25. The van der Waals surface area contributed by atoms with Crippen molar-refractivity contribution in [3.05, 3.63) is 29.8 Å². The predicted molar refractivity (Wildman–Crippen MR) is 84.9 cm³/mol. The van der Waals surface area contributed by atoms with E-state index in [-0.39, 0.29) is 24.0 Å². The van der Waals surface area contributed by atoms with Crippen molar-refractivity contribution in [3.8, 4) is 0 Å². The normalized spacial score (nSPS) is 18.0. The molecule has 1 aliphatic rings. The fraction of sp³-hybridized carbons (Fsp3) is 0.500. The van der Waals surface area contributed by atoms with Crippen molar-refractivity contribution in [2.45, 2.75) is 32.4 Å². The average molecular weight is 305 g/mol. The Morgan fingerprint density at radius 1 is 1.32 bits per heavy atom.